The van der Waals surface area contributed by atoms with Gasteiger partial charge in [-0.1, -0.05) is 20.8 Å². The van der Waals surface area contributed by atoms with Crippen molar-refractivity contribution in [1.29, 1.82) is 0 Å². The maximum atomic E-state index is 11.8. The van der Waals surface area contributed by atoms with E-state index in [0.29, 0.717) is 17.0 Å². The molecule has 2 aromatic rings. The standard InChI is InChI=1S/C16H20N2O4/c1-15(2,3)13-17-9-6-11-12(22-8-21-11)7-10(9)18(13)16(4,5)14(19)20/h6-7H,8H2,1-5H3,(H,19,20). The topological polar surface area (TPSA) is 73.6 Å². The molecule has 0 fully saturated rings. The summed E-state index contributed by atoms with van der Waals surface area (Å²) in [6.07, 6.45) is 0. The first-order valence-electron chi connectivity index (χ1n) is 7.19. The van der Waals surface area contributed by atoms with Gasteiger partial charge in [0.2, 0.25) is 6.79 Å². The van der Waals surface area contributed by atoms with Gasteiger partial charge in [0.05, 0.1) is 11.0 Å². The maximum Gasteiger partial charge on any atom is 0.329 e. The molecular weight excluding hydrogens is 284 g/mol. The highest BCUT2D eigenvalue weighted by Gasteiger charge is 2.37. The molecule has 1 aromatic heterocycles. The van der Waals surface area contributed by atoms with Crippen molar-refractivity contribution in [3.8, 4) is 11.5 Å². The molecule has 0 saturated carbocycles. The SMILES string of the molecule is CC(C)(C)c1nc2cc3c(cc2n1C(C)(C)C(=O)O)OCO3. The third-order valence-corrected chi connectivity index (χ3v) is 3.90. The van der Waals surface area contributed by atoms with Crippen LogP contribution in [0.15, 0.2) is 12.1 Å². The largest absolute Gasteiger partial charge is 0.480 e. The Hall–Kier alpha value is -2.24. The van der Waals surface area contributed by atoms with E-state index in [4.69, 9.17) is 9.47 Å². The lowest BCUT2D eigenvalue weighted by molar-refractivity contribution is -0.145. The lowest BCUT2D eigenvalue weighted by Crippen LogP contribution is -2.39. The zero-order chi connectivity index (χ0) is 16.3. The molecule has 0 bridgehead atoms. The molecule has 0 spiro atoms. The first kappa shape index (κ1) is 14.7. The first-order valence-corrected chi connectivity index (χ1v) is 7.19. The molecule has 0 unspecified atom stereocenters. The second-order valence-electron chi connectivity index (χ2n) is 7.08. The Labute approximate surface area is 128 Å². The summed E-state index contributed by atoms with van der Waals surface area (Å²) in [7, 11) is 0. The maximum absolute atomic E-state index is 11.8. The van der Waals surface area contributed by atoms with Crippen molar-refractivity contribution in [3.63, 3.8) is 0 Å². The van der Waals surface area contributed by atoms with Crippen molar-refractivity contribution in [1.82, 2.24) is 9.55 Å². The van der Waals surface area contributed by atoms with Crippen molar-refractivity contribution >= 4 is 17.0 Å². The molecule has 1 aliphatic rings. The Balaban J connectivity index is 2.38. The average Bonchev–Trinajstić information content (AvgIpc) is 2.97. The number of aliphatic carboxylic acids is 1. The Kier molecular flexibility index (Phi) is 2.92. The van der Waals surface area contributed by atoms with Crippen LogP contribution in [0.3, 0.4) is 0 Å². The molecule has 0 saturated heterocycles. The highest BCUT2D eigenvalue weighted by Crippen LogP contribution is 2.39. The van der Waals surface area contributed by atoms with Gasteiger partial charge in [-0.05, 0) is 13.8 Å². The number of aromatic nitrogens is 2. The summed E-state index contributed by atoms with van der Waals surface area (Å²) in [5, 5.41) is 9.65. The molecule has 0 radical (unpaired) electrons. The number of ether oxygens (including phenoxy) is 2. The summed E-state index contributed by atoms with van der Waals surface area (Å²) in [5.74, 6) is 1.08. The average molecular weight is 304 g/mol. The van der Waals surface area contributed by atoms with Crippen molar-refractivity contribution in [3.05, 3.63) is 18.0 Å². The minimum absolute atomic E-state index is 0.177. The van der Waals surface area contributed by atoms with E-state index >= 15 is 0 Å². The second-order valence-corrected chi connectivity index (χ2v) is 7.08. The quantitative estimate of drug-likeness (QED) is 0.923. The number of nitrogens with zero attached hydrogens (tertiary/aromatic N) is 2. The fraction of sp³-hybridized carbons (Fsp3) is 0.500. The minimum atomic E-state index is -1.12. The molecule has 1 N–H and O–H groups in total. The smallest absolute Gasteiger partial charge is 0.329 e. The van der Waals surface area contributed by atoms with Gasteiger partial charge >= 0.3 is 5.97 Å². The van der Waals surface area contributed by atoms with Crippen LogP contribution in [0.1, 0.15) is 40.4 Å². The van der Waals surface area contributed by atoms with Crippen molar-refractivity contribution in [2.24, 2.45) is 0 Å². The second kappa shape index (κ2) is 4.38. The van der Waals surface area contributed by atoms with E-state index in [2.05, 4.69) is 4.98 Å². The Bertz CT molecular complexity index is 769. The summed E-state index contributed by atoms with van der Waals surface area (Å²) >= 11 is 0. The molecule has 6 heteroatoms. The third kappa shape index (κ3) is 2.01. The lowest BCUT2D eigenvalue weighted by atomic mass is 9.93. The molecule has 2 heterocycles. The molecule has 0 atom stereocenters. The van der Waals surface area contributed by atoms with Crippen molar-refractivity contribution in [2.75, 3.05) is 6.79 Å². The van der Waals surface area contributed by atoms with Crippen LogP contribution in [-0.4, -0.2) is 27.4 Å². The zero-order valence-electron chi connectivity index (χ0n) is 13.4. The van der Waals surface area contributed by atoms with E-state index in [-0.39, 0.29) is 12.2 Å². The molecule has 1 aliphatic heterocycles. The normalized spacial score (nSPS) is 14.6. The van der Waals surface area contributed by atoms with Crippen LogP contribution >= 0.6 is 0 Å². The molecule has 6 nitrogen and oxygen atoms in total. The number of hydrogen-bond donors (Lipinski definition) is 1. The van der Waals surface area contributed by atoms with Crippen LogP contribution in [0.25, 0.3) is 11.0 Å². The highest BCUT2D eigenvalue weighted by molar-refractivity contribution is 5.85. The number of hydrogen-bond acceptors (Lipinski definition) is 4. The zero-order valence-corrected chi connectivity index (χ0v) is 13.4. The molecule has 118 valence electrons. The fourth-order valence-corrected chi connectivity index (χ4v) is 2.63. The van der Waals surface area contributed by atoms with E-state index in [1.807, 2.05) is 26.8 Å². The van der Waals surface area contributed by atoms with E-state index in [0.717, 1.165) is 11.3 Å². The van der Waals surface area contributed by atoms with E-state index in [9.17, 15) is 9.90 Å². The Morgan fingerprint density at radius 2 is 1.77 bits per heavy atom. The molecule has 0 amide bonds. The number of carbonyl (C=O) groups is 1. The minimum Gasteiger partial charge on any atom is -0.480 e. The van der Waals surface area contributed by atoms with Crippen LogP contribution in [0.2, 0.25) is 0 Å². The van der Waals surface area contributed by atoms with Crippen LogP contribution in [0, 0.1) is 0 Å². The molecule has 3 rings (SSSR count). The van der Waals surface area contributed by atoms with Crippen LogP contribution < -0.4 is 9.47 Å². The summed E-state index contributed by atoms with van der Waals surface area (Å²) in [6, 6.07) is 3.62. The van der Waals surface area contributed by atoms with Crippen LogP contribution in [0.5, 0.6) is 11.5 Å². The molecular formula is C16H20N2O4. The molecule has 22 heavy (non-hydrogen) atoms. The van der Waals surface area contributed by atoms with Gasteiger partial charge in [0.25, 0.3) is 0 Å². The van der Waals surface area contributed by atoms with Crippen LogP contribution in [0.4, 0.5) is 0 Å². The van der Waals surface area contributed by atoms with E-state index in [1.54, 1.807) is 24.5 Å². The summed E-state index contributed by atoms with van der Waals surface area (Å²) in [6.45, 7) is 9.58. The molecule has 0 aliphatic carbocycles. The summed E-state index contributed by atoms with van der Waals surface area (Å²) in [4.78, 5) is 16.4. The van der Waals surface area contributed by atoms with Gasteiger partial charge in [-0.25, -0.2) is 9.78 Å². The number of imidazole rings is 1. The fourth-order valence-electron chi connectivity index (χ4n) is 2.63. The van der Waals surface area contributed by atoms with Gasteiger partial charge in [0.15, 0.2) is 11.5 Å². The van der Waals surface area contributed by atoms with Crippen molar-refractivity contribution < 1.29 is 19.4 Å². The number of fused-ring (bicyclic) bond motifs is 2. The number of carboxylic acids is 1. The summed E-state index contributed by atoms with van der Waals surface area (Å²) < 4.78 is 12.6. The first-order chi connectivity index (χ1) is 10.1. The predicted octanol–water partition coefficient (Wildman–Crippen LogP) is 2.88. The van der Waals surface area contributed by atoms with Crippen molar-refractivity contribution in [2.45, 2.75) is 45.6 Å². The monoisotopic (exact) mass is 304 g/mol. The Morgan fingerprint density at radius 3 is 2.32 bits per heavy atom. The molecule has 1 aromatic carbocycles. The van der Waals surface area contributed by atoms with Gasteiger partial charge in [0, 0.05) is 17.5 Å². The number of benzene rings is 1. The summed E-state index contributed by atoms with van der Waals surface area (Å²) in [5.41, 5.74) is 0.0354. The Morgan fingerprint density at radius 1 is 1.18 bits per heavy atom. The number of carboxylic acid groups (broad SMARTS) is 1. The van der Waals surface area contributed by atoms with Gasteiger partial charge in [-0.3, -0.25) is 0 Å². The van der Waals surface area contributed by atoms with Crippen LogP contribution in [-0.2, 0) is 15.7 Å². The van der Waals surface area contributed by atoms with Gasteiger partial charge < -0.3 is 19.1 Å². The van der Waals surface area contributed by atoms with E-state index in [1.165, 1.54) is 0 Å². The number of rotatable bonds is 2. The third-order valence-electron chi connectivity index (χ3n) is 3.90. The lowest BCUT2D eigenvalue weighted by Gasteiger charge is -2.29. The predicted molar refractivity (Wildman–Crippen MR) is 81.5 cm³/mol. The highest BCUT2D eigenvalue weighted by atomic mass is 16.7. The van der Waals surface area contributed by atoms with Gasteiger partial charge in [-0.15, -0.1) is 0 Å². The van der Waals surface area contributed by atoms with Gasteiger partial charge in [-0.2, -0.15) is 0 Å². The van der Waals surface area contributed by atoms with E-state index < -0.39 is 11.5 Å². The van der Waals surface area contributed by atoms with Gasteiger partial charge in [0.1, 0.15) is 11.4 Å².